The van der Waals surface area contributed by atoms with Gasteiger partial charge in [0.05, 0.1) is 0 Å². The molecule has 1 aliphatic rings. The Morgan fingerprint density at radius 1 is 1.60 bits per heavy atom. The van der Waals surface area contributed by atoms with Crippen molar-refractivity contribution < 1.29 is 0 Å². The van der Waals surface area contributed by atoms with E-state index in [4.69, 9.17) is 0 Å². The van der Waals surface area contributed by atoms with Gasteiger partial charge in [0.1, 0.15) is 0 Å². The van der Waals surface area contributed by atoms with E-state index >= 15 is 0 Å². The summed E-state index contributed by atoms with van der Waals surface area (Å²) in [6, 6.07) is 0. The Morgan fingerprint density at radius 3 is 2.70 bits per heavy atom. The SMILES string of the molecule is CC1(C)CC=C(CBr)CC1. The van der Waals surface area contributed by atoms with Crippen LogP contribution in [0.4, 0.5) is 0 Å². The van der Waals surface area contributed by atoms with E-state index in [-0.39, 0.29) is 0 Å². The van der Waals surface area contributed by atoms with Crippen LogP contribution in [0.5, 0.6) is 0 Å². The third-order valence-electron chi connectivity index (χ3n) is 2.24. The van der Waals surface area contributed by atoms with E-state index in [9.17, 15) is 0 Å². The lowest BCUT2D eigenvalue weighted by atomic mass is 9.79. The number of rotatable bonds is 1. The van der Waals surface area contributed by atoms with Gasteiger partial charge in [-0.1, -0.05) is 41.4 Å². The minimum Gasteiger partial charge on any atom is -0.0880 e. The molecule has 0 heterocycles. The summed E-state index contributed by atoms with van der Waals surface area (Å²) in [5.74, 6) is 0. The minimum absolute atomic E-state index is 0.561. The van der Waals surface area contributed by atoms with Crippen LogP contribution < -0.4 is 0 Å². The molecule has 10 heavy (non-hydrogen) atoms. The number of halogens is 1. The second kappa shape index (κ2) is 3.08. The summed E-state index contributed by atoms with van der Waals surface area (Å²) in [7, 11) is 0. The Kier molecular flexibility index (Phi) is 2.56. The molecule has 0 aromatic rings. The van der Waals surface area contributed by atoms with E-state index in [1.165, 1.54) is 19.3 Å². The van der Waals surface area contributed by atoms with Crippen LogP contribution in [0.2, 0.25) is 0 Å². The summed E-state index contributed by atoms with van der Waals surface area (Å²) in [5.41, 5.74) is 2.14. The molecule has 0 aromatic heterocycles. The lowest BCUT2D eigenvalue weighted by Gasteiger charge is -2.27. The number of hydrogen-bond acceptors (Lipinski definition) is 0. The van der Waals surface area contributed by atoms with Crippen LogP contribution in [0.25, 0.3) is 0 Å². The smallest absolute Gasteiger partial charge is 0.0241 e. The van der Waals surface area contributed by atoms with Crippen LogP contribution in [0.15, 0.2) is 11.6 Å². The zero-order valence-corrected chi connectivity index (χ0v) is 8.37. The molecular formula is C9H15Br. The highest BCUT2D eigenvalue weighted by Crippen LogP contribution is 2.34. The molecule has 0 N–H and O–H groups in total. The van der Waals surface area contributed by atoms with Gasteiger partial charge in [0.2, 0.25) is 0 Å². The van der Waals surface area contributed by atoms with Crippen molar-refractivity contribution in [3.63, 3.8) is 0 Å². The molecule has 0 aliphatic heterocycles. The molecule has 1 heteroatoms. The lowest BCUT2D eigenvalue weighted by Crippen LogP contribution is -2.14. The molecule has 0 nitrogen and oxygen atoms in total. The summed E-state index contributed by atoms with van der Waals surface area (Å²) < 4.78 is 0. The monoisotopic (exact) mass is 202 g/mol. The van der Waals surface area contributed by atoms with E-state index in [1.807, 2.05) is 0 Å². The minimum atomic E-state index is 0.561. The molecule has 0 fully saturated rings. The number of alkyl halides is 1. The normalized spacial score (nSPS) is 24.1. The van der Waals surface area contributed by atoms with Crippen molar-refractivity contribution in [1.29, 1.82) is 0 Å². The molecule has 1 rings (SSSR count). The van der Waals surface area contributed by atoms with Gasteiger partial charge >= 0.3 is 0 Å². The zero-order valence-electron chi connectivity index (χ0n) is 6.78. The fourth-order valence-corrected chi connectivity index (χ4v) is 1.75. The molecule has 0 saturated carbocycles. The summed E-state index contributed by atoms with van der Waals surface area (Å²) in [5, 5.41) is 1.07. The predicted molar refractivity (Wildman–Crippen MR) is 49.5 cm³/mol. The molecule has 0 atom stereocenters. The standard InChI is InChI=1S/C9H15Br/c1-9(2)5-3-8(7-10)4-6-9/h3H,4-7H2,1-2H3. The van der Waals surface area contributed by atoms with E-state index in [2.05, 4.69) is 35.9 Å². The van der Waals surface area contributed by atoms with Gasteiger partial charge in [-0.05, 0) is 24.7 Å². The fraction of sp³-hybridized carbons (Fsp3) is 0.778. The Morgan fingerprint density at radius 2 is 2.30 bits per heavy atom. The maximum atomic E-state index is 3.48. The zero-order chi connectivity index (χ0) is 7.61. The average molecular weight is 203 g/mol. The molecule has 0 aromatic carbocycles. The van der Waals surface area contributed by atoms with Crippen LogP contribution in [-0.2, 0) is 0 Å². The van der Waals surface area contributed by atoms with Crippen molar-refractivity contribution >= 4 is 15.9 Å². The van der Waals surface area contributed by atoms with E-state index in [1.54, 1.807) is 5.57 Å². The first kappa shape index (κ1) is 8.32. The van der Waals surface area contributed by atoms with Gasteiger partial charge in [-0.15, -0.1) is 0 Å². The topological polar surface area (TPSA) is 0 Å². The molecule has 58 valence electrons. The largest absolute Gasteiger partial charge is 0.0880 e. The first-order valence-corrected chi connectivity index (χ1v) is 5.00. The van der Waals surface area contributed by atoms with Crippen molar-refractivity contribution in [3.8, 4) is 0 Å². The number of hydrogen-bond donors (Lipinski definition) is 0. The third-order valence-corrected chi connectivity index (χ3v) is 2.96. The van der Waals surface area contributed by atoms with Gasteiger partial charge in [0, 0.05) is 5.33 Å². The van der Waals surface area contributed by atoms with E-state index in [0.29, 0.717) is 5.41 Å². The van der Waals surface area contributed by atoms with Crippen LogP contribution in [0.1, 0.15) is 33.1 Å². The Labute approximate surface area is 71.8 Å². The molecule has 0 amide bonds. The average Bonchev–Trinajstić information content (AvgIpc) is 1.88. The van der Waals surface area contributed by atoms with Gasteiger partial charge in [-0.25, -0.2) is 0 Å². The lowest BCUT2D eigenvalue weighted by molar-refractivity contribution is 0.325. The molecule has 0 bridgehead atoms. The van der Waals surface area contributed by atoms with Crippen molar-refractivity contribution in [1.82, 2.24) is 0 Å². The second-order valence-corrected chi connectivity index (χ2v) is 4.43. The Bertz CT molecular complexity index is 145. The van der Waals surface area contributed by atoms with Crippen molar-refractivity contribution in [2.75, 3.05) is 5.33 Å². The molecular weight excluding hydrogens is 188 g/mol. The molecule has 1 aliphatic carbocycles. The third kappa shape index (κ3) is 2.12. The van der Waals surface area contributed by atoms with Crippen molar-refractivity contribution in [2.45, 2.75) is 33.1 Å². The fourth-order valence-electron chi connectivity index (χ4n) is 1.25. The number of allylic oxidation sites excluding steroid dienone is 2. The quantitative estimate of drug-likeness (QED) is 0.451. The van der Waals surface area contributed by atoms with Gasteiger partial charge in [-0.2, -0.15) is 0 Å². The predicted octanol–water partition coefficient (Wildman–Crippen LogP) is 3.52. The molecule has 0 spiro atoms. The van der Waals surface area contributed by atoms with Gasteiger partial charge in [-0.3, -0.25) is 0 Å². The first-order valence-electron chi connectivity index (χ1n) is 3.88. The van der Waals surface area contributed by atoms with Gasteiger partial charge in [0.25, 0.3) is 0 Å². The van der Waals surface area contributed by atoms with Crippen molar-refractivity contribution in [2.24, 2.45) is 5.41 Å². The van der Waals surface area contributed by atoms with Crippen LogP contribution in [0.3, 0.4) is 0 Å². The summed E-state index contributed by atoms with van der Waals surface area (Å²) in [4.78, 5) is 0. The van der Waals surface area contributed by atoms with Crippen LogP contribution in [-0.4, -0.2) is 5.33 Å². The highest BCUT2D eigenvalue weighted by Gasteiger charge is 2.20. The Hall–Kier alpha value is 0.220. The van der Waals surface area contributed by atoms with Gasteiger partial charge < -0.3 is 0 Å². The van der Waals surface area contributed by atoms with Crippen molar-refractivity contribution in [3.05, 3.63) is 11.6 Å². The Balaban J connectivity index is 2.52. The molecule has 0 unspecified atom stereocenters. The summed E-state index contributed by atoms with van der Waals surface area (Å²) in [6.07, 6.45) is 6.29. The summed E-state index contributed by atoms with van der Waals surface area (Å²) >= 11 is 3.48. The summed E-state index contributed by atoms with van der Waals surface area (Å²) in [6.45, 7) is 4.68. The highest BCUT2D eigenvalue weighted by molar-refractivity contribution is 9.09. The second-order valence-electron chi connectivity index (χ2n) is 3.86. The van der Waals surface area contributed by atoms with Crippen LogP contribution in [0, 0.1) is 5.41 Å². The molecule has 0 radical (unpaired) electrons. The maximum Gasteiger partial charge on any atom is 0.0241 e. The molecule has 0 saturated heterocycles. The highest BCUT2D eigenvalue weighted by atomic mass is 79.9. The maximum absolute atomic E-state index is 3.48. The van der Waals surface area contributed by atoms with E-state index in [0.717, 1.165) is 5.33 Å². The van der Waals surface area contributed by atoms with Gasteiger partial charge in [0.15, 0.2) is 0 Å². The van der Waals surface area contributed by atoms with Crippen LogP contribution >= 0.6 is 15.9 Å². The van der Waals surface area contributed by atoms with E-state index < -0.39 is 0 Å². The first-order chi connectivity index (χ1) is 4.64.